The fourth-order valence-electron chi connectivity index (χ4n) is 4.87. The van der Waals surface area contributed by atoms with Crippen LogP contribution in [0.5, 0.6) is 11.5 Å². The minimum atomic E-state index is -1.07. The number of nitrogen functional groups attached to an aromatic ring is 1. The second kappa shape index (κ2) is 11.2. The fourth-order valence-corrected chi connectivity index (χ4v) is 4.87. The van der Waals surface area contributed by atoms with Crippen LogP contribution in [0.2, 0.25) is 0 Å². The number of hydrogen-bond donors (Lipinski definition) is 2. The Morgan fingerprint density at radius 2 is 1.51 bits per heavy atom. The van der Waals surface area contributed by atoms with Gasteiger partial charge >= 0.3 is 5.69 Å². The molecule has 0 bridgehead atoms. The summed E-state index contributed by atoms with van der Waals surface area (Å²) in [6.07, 6.45) is -0.924. The maximum absolute atomic E-state index is 12.3. The lowest BCUT2D eigenvalue weighted by molar-refractivity contribution is -0.0945. The third-order valence-electron chi connectivity index (χ3n) is 6.90. The minimum absolute atomic E-state index is 0.0230. The maximum Gasteiger partial charge on any atom is 0.354 e. The van der Waals surface area contributed by atoms with Gasteiger partial charge in [-0.3, -0.25) is 4.57 Å². The van der Waals surface area contributed by atoms with Crippen molar-refractivity contribution in [1.29, 1.82) is 0 Å². The molecular formula is C29H30N4O6. The molecule has 0 radical (unpaired) electrons. The van der Waals surface area contributed by atoms with Crippen molar-refractivity contribution in [3.8, 4) is 11.5 Å². The number of aromatic nitrogens is 3. The van der Waals surface area contributed by atoms with E-state index in [-0.39, 0.29) is 19.0 Å². The van der Waals surface area contributed by atoms with Gasteiger partial charge in [0.25, 0.3) is 0 Å². The average molecular weight is 531 g/mol. The summed E-state index contributed by atoms with van der Waals surface area (Å²) in [6, 6.07) is 25.2. The van der Waals surface area contributed by atoms with E-state index in [1.165, 1.54) is 10.9 Å². The number of nitrogens with two attached hydrogens (primary N) is 1. The van der Waals surface area contributed by atoms with E-state index in [4.69, 9.17) is 24.7 Å². The lowest BCUT2D eigenvalue weighted by Crippen LogP contribution is -2.38. The summed E-state index contributed by atoms with van der Waals surface area (Å²) < 4.78 is 24.9. The summed E-state index contributed by atoms with van der Waals surface area (Å²) in [6.45, 7) is 0.0230. The van der Waals surface area contributed by atoms with Gasteiger partial charge in [-0.2, -0.15) is 4.98 Å². The Hall–Kier alpha value is -4.25. The van der Waals surface area contributed by atoms with E-state index in [9.17, 15) is 9.90 Å². The van der Waals surface area contributed by atoms with Crippen molar-refractivity contribution >= 4 is 5.95 Å². The Labute approximate surface area is 225 Å². The lowest BCUT2D eigenvalue weighted by Gasteiger charge is -2.37. The molecule has 3 N–H and O–H groups in total. The summed E-state index contributed by atoms with van der Waals surface area (Å²) in [5.74, 6) is 1.30. The highest BCUT2D eigenvalue weighted by atomic mass is 16.6. The zero-order valence-corrected chi connectivity index (χ0v) is 21.6. The van der Waals surface area contributed by atoms with Crippen molar-refractivity contribution in [3.63, 3.8) is 0 Å². The Morgan fingerprint density at radius 1 is 0.949 bits per heavy atom. The van der Waals surface area contributed by atoms with Gasteiger partial charge in [-0.1, -0.05) is 54.6 Å². The molecule has 202 valence electrons. The van der Waals surface area contributed by atoms with Crippen LogP contribution in [0.15, 0.2) is 90.0 Å². The fraction of sp³-hybridized carbons (Fsp3) is 0.276. The van der Waals surface area contributed by atoms with Crippen LogP contribution in [0.3, 0.4) is 0 Å². The number of benzene rings is 3. The van der Waals surface area contributed by atoms with E-state index in [1.807, 2.05) is 78.9 Å². The first kappa shape index (κ1) is 26.4. The summed E-state index contributed by atoms with van der Waals surface area (Å²) >= 11 is 0. The normalized spacial score (nSPS) is 19.1. The van der Waals surface area contributed by atoms with E-state index in [2.05, 4.69) is 9.97 Å². The molecule has 1 aliphatic heterocycles. The van der Waals surface area contributed by atoms with E-state index in [1.54, 1.807) is 14.2 Å². The molecule has 2 heterocycles. The first-order valence-electron chi connectivity index (χ1n) is 12.5. The number of ether oxygens (including phenoxy) is 4. The third-order valence-corrected chi connectivity index (χ3v) is 6.90. The molecule has 5 rings (SSSR count). The molecule has 1 fully saturated rings. The summed E-state index contributed by atoms with van der Waals surface area (Å²) in [5.41, 5.74) is 6.44. The molecular weight excluding hydrogens is 500 g/mol. The van der Waals surface area contributed by atoms with Crippen molar-refractivity contribution in [2.24, 2.45) is 0 Å². The van der Waals surface area contributed by atoms with E-state index in [0.717, 1.165) is 16.7 Å². The van der Waals surface area contributed by atoms with Crippen LogP contribution < -0.4 is 20.9 Å². The summed E-state index contributed by atoms with van der Waals surface area (Å²) in [4.78, 5) is 19.9. The SMILES string of the molecule is COc1ccc(C(OC[C@H]2O[C@@H](n3cnc(N)nc3=O)C[C@H]2O)(c2ccccc2)c2ccc(OC)cc2)cc1. The Morgan fingerprint density at radius 3 is 2.05 bits per heavy atom. The van der Waals surface area contributed by atoms with Gasteiger partial charge in [0, 0.05) is 6.42 Å². The van der Waals surface area contributed by atoms with Gasteiger partial charge in [0.15, 0.2) is 0 Å². The standard InChI is InChI=1S/C29H30N4O6/c1-36-22-12-8-20(9-13-22)29(19-6-4-3-5-7-19,21-10-14-23(37-2)15-11-21)38-17-25-24(34)16-26(39-25)33-18-31-27(30)32-28(33)35/h3-15,18,24-26,34H,16-17H2,1-2H3,(H2,30,32,35)/t24-,25-,26-/m1/s1. The quantitative estimate of drug-likeness (QED) is 0.314. The van der Waals surface area contributed by atoms with E-state index in [0.29, 0.717) is 11.5 Å². The molecule has 10 heteroatoms. The van der Waals surface area contributed by atoms with Crippen molar-refractivity contribution in [2.75, 3.05) is 26.6 Å². The molecule has 0 unspecified atom stereocenters. The van der Waals surface area contributed by atoms with E-state index >= 15 is 0 Å². The molecule has 0 saturated carbocycles. The number of nitrogens with zero attached hydrogens (tertiary/aromatic N) is 3. The third kappa shape index (κ3) is 5.22. The van der Waals surface area contributed by atoms with Crippen molar-refractivity contribution in [2.45, 2.75) is 30.5 Å². The molecule has 0 amide bonds. The maximum atomic E-state index is 12.3. The Kier molecular flexibility index (Phi) is 7.60. The number of methoxy groups -OCH3 is 2. The highest BCUT2D eigenvalue weighted by molar-refractivity contribution is 5.49. The van der Waals surface area contributed by atoms with Crippen LogP contribution >= 0.6 is 0 Å². The second-order valence-electron chi connectivity index (χ2n) is 9.15. The predicted octanol–water partition coefficient (Wildman–Crippen LogP) is 2.89. The Bertz CT molecular complexity index is 1400. The van der Waals surface area contributed by atoms with E-state index < -0.39 is 29.7 Å². The van der Waals surface area contributed by atoms with Crippen molar-refractivity contribution in [3.05, 3.63) is 112 Å². The molecule has 0 aliphatic carbocycles. The van der Waals surface area contributed by atoms with Gasteiger partial charge in [-0.05, 0) is 41.0 Å². The second-order valence-corrected chi connectivity index (χ2v) is 9.15. The smallest absolute Gasteiger partial charge is 0.354 e. The van der Waals surface area contributed by atoms with Crippen LogP contribution in [-0.2, 0) is 15.1 Å². The van der Waals surface area contributed by atoms with Gasteiger partial charge in [0.05, 0.1) is 26.9 Å². The molecule has 3 aromatic carbocycles. The molecule has 1 aromatic heterocycles. The first-order chi connectivity index (χ1) is 18.9. The Balaban J connectivity index is 1.53. The van der Waals surface area contributed by atoms with Gasteiger partial charge in [-0.25, -0.2) is 9.78 Å². The zero-order chi connectivity index (χ0) is 27.4. The van der Waals surface area contributed by atoms with Crippen LogP contribution in [0.1, 0.15) is 29.3 Å². The molecule has 0 spiro atoms. The lowest BCUT2D eigenvalue weighted by atomic mass is 9.80. The number of aliphatic hydroxyl groups excluding tert-OH is 1. The predicted molar refractivity (Wildman–Crippen MR) is 144 cm³/mol. The van der Waals surface area contributed by atoms with Crippen molar-refractivity contribution < 1.29 is 24.1 Å². The number of anilines is 1. The van der Waals surface area contributed by atoms with Crippen LogP contribution in [-0.4, -0.2) is 52.7 Å². The van der Waals surface area contributed by atoms with Gasteiger partial charge < -0.3 is 29.8 Å². The largest absolute Gasteiger partial charge is 0.497 e. The monoisotopic (exact) mass is 530 g/mol. The van der Waals surface area contributed by atoms with Crippen molar-refractivity contribution in [1.82, 2.24) is 14.5 Å². The first-order valence-corrected chi connectivity index (χ1v) is 12.5. The van der Waals surface area contributed by atoms with Gasteiger partial charge in [-0.15, -0.1) is 0 Å². The molecule has 1 aliphatic rings. The number of hydrogen-bond acceptors (Lipinski definition) is 9. The zero-order valence-electron chi connectivity index (χ0n) is 21.6. The number of rotatable bonds is 9. The highest BCUT2D eigenvalue weighted by Gasteiger charge is 2.42. The minimum Gasteiger partial charge on any atom is -0.497 e. The van der Waals surface area contributed by atoms with Gasteiger partial charge in [0.1, 0.15) is 35.8 Å². The summed E-state index contributed by atoms with van der Waals surface area (Å²) in [7, 11) is 3.23. The highest BCUT2D eigenvalue weighted by Crippen LogP contribution is 2.42. The van der Waals surface area contributed by atoms with Crippen LogP contribution in [0, 0.1) is 0 Å². The van der Waals surface area contributed by atoms with Crippen LogP contribution in [0.4, 0.5) is 5.95 Å². The molecule has 39 heavy (non-hydrogen) atoms. The molecule has 3 atom stereocenters. The molecule has 1 saturated heterocycles. The molecule has 10 nitrogen and oxygen atoms in total. The summed E-state index contributed by atoms with van der Waals surface area (Å²) in [5, 5.41) is 10.9. The topological polar surface area (TPSA) is 131 Å². The molecule has 4 aromatic rings. The average Bonchev–Trinajstić information content (AvgIpc) is 3.34. The van der Waals surface area contributed by atoms with Crippen LogP contribution in [0.25, 0.3) is 0 Å². The van der Waals surface area contributed by atoms with Gasteiger partial charge in [0.2, 0.25) is 5.95 Å². The number of aliphatic hydroxyl groups is 1.